The second-order valence-electron chi connectivity index (χ2n) is 11.2. The molecule has 44 heavy (non-hydrogen) atoms. The van der Waals surface area contributed by atoms with Crippen LogP contribution in [0.25, 0.3) is 11.3 Å². The van der Waals surface area contributed by atoms with Gasteiger partial charge < -0.3 is 20.1 Å². The number of nitrogens with zero attached hydrogens (tertiary/aromatic N) is 6. The molecule has 1 aromatic heterocycles. The van der Waals surface area contributed by atoms with Gasteiger partial charge in [-0.15, -0.1) is 5.10 Å². The van der Waals surface area contributed by atoms with Crippen LogP contribution in [0.15, 0.2) is 68.7 Å². The van der Waals surface area contributed by atoms with E-state index in [1.807, 2.05) is 59.2 Å². The number of para-hydroxylation sites is 1. The lowest BCUT2D eigenvalue weighted by Gasteiger charge is -2.32. The van der Waals surface area contributed by atoms with Crippen molar-refractivity contribution in [1.29, 1.82) is 0 Å². The molecule has 0 aliphatic carbocycles. The number of hydrogen-bond acceptors (Lipinski definition) is 9. The van der Waals surface area contributed by atoms with E-state index in [1.165, 1.54) is 0 Å². The number of anilines is 1. The van der Waals surface area contributed by atoms with Gasteiger partial charge in [0.1, 0.15) is 12.0 Å². The number of rotatable bonds is 15. The number of benzene rings is 1. The maximum Gasteiger partial charge on any atom is 0.127 e. The van der Waals surface area contributed by atoms with Crippen molar-refractivity contribution >= 4 is 30.6 Å². The summed E-state index contributed by atoms with van der Waals surface area (Å²) < 4.78 is 0. The molecule has 0 radical (unpaired) electrons. The van der Waals surface area contributed by atoms with Gasteiger partial charge >= 0.3 is 0 Å². The Labute approximate surface area is 263 Å². The van der Waals surface area contributed by atoms with Gasteiger partial charge in [0.25, 0.3) is 0 Å². The quantitative estimate of drug-likeness (QED) is 0.199. The van der Waals surface area contributed by atoms with Gasteiger partial charge in [-0.1, -0.05) is 39.8 Å². The molecule has 0 fully saturated rings. The lowest BCUT2D eigenvalue weighted by atomic mass is 9.89. The van der Waals surface area contributed by atoms with E-state index >= 15 is 0 Å². The molecule has 2 aliphatic rings. The number of hydrogen-bond donors (Lipinski definition) is 2. The molecule has 0 saturated heterocycles. The third-order valence-electron chi connectivity index (χ3n) is 8.22. The van der Waals surface area contributed by atoms with Crippen molar-refractivity contribution in [3.8, 4) is 17.0 Å². The zero-order chi connectivity index (χ0) is 32.1. The summed E-state index contributed by atoms with van der Waals surface area (Å²) in [7, 11) is 1.98. The molecule has 9 nitrogen and oxygen atoms in total. The first-order chi connectivity index (χ1) is 21.4. The molecule has 2 N–H and O–H groups in total. The summed E-state index contributed by atoms with van der Waals surface area (Å²) in [4.78, 5) is 27.5. The summed E-state index contributed by atoms with van der Waals surface area (Å²) in [5.74, 6) is 0.680. The largest absolute Gasteiger partial charge is 0.507 e. The van der Waals surface area contributed by atoms with Gasteiger partial charge in [0.2, 0.25) is 0 Å². The predicted molar refractivity (Wildman–Crippen MR) is 183 cm³/mol. The lowest BCUT2D eigenvalue weighted by Crippen LogP contribution is -2.39. The summed E-state index contributed by atoms with van der Waals surface area (Å²) in [6, 6.07) is 9.59. The first kappa shape index (κ1) is 34.5. The fourth-order valence-corrected chi connectivity index (χ4v) is 5.95. The fraction of sp³-hybridized carbons (Fsp3) is 0.486. The zero-order valence-electron chi connectivity index (χ0n) is 27.2. The predicted octanol–water partition coefficient (Wildman–Crippen LogP) is 5.75. The second kappa shape index (κ2) is 17.3. The number of aromatic hydroxyl groups is 1. The van der Waals surface area contributed by atoms with E-state index in [2.05, 4.69) is 50.1 Å². The fourth-order valence-electron chi connectivity index (χ4n) is 5.95. The molecule has 1 aromatic carbocycles. The minimum atomic E-state index is -0.134. The van der Waals surface area contributed by atoms with Crippen molar-refractivity contribution in [2.75, 3.05) is 38.1 Å². The molecule has 0 amide bonds. The standard InChI is InChI=1S/C33H43N7O2.C2H6/c1-6-40-31(17-30-32(40)16-29(38-39-30)26-9-7-8-10-33(26)42)23(11-13-34-4)12-14-36-19-25(18-35-5)28-15-24(20-37-28)27(21-41)22(2)3;1-2/h7-10,15-16,18-19,21-23,27,31,34,42H,5-6,11-14,17,20H2,1-4H3;1-2H3/b25-18+,36-19?;. The van der Waals surface area contributed by atoms with Crippen molar-refractivity contribution in [1.82, 2.24) is 15.5 Å². The summed E-state index contributed by atoms with van der Waals surface area (Å²) in [6.07, 6.45) is 9.28. The average Bonchev–Trinajstić information content (AvgIpc) is 3.66. The molecule has 2 aliphatic heterocycles. The Bertz CT molecular complexity index is 1380. The van der Waals surface area contributed by atoms with Gasteiger partial charge in [-0.2, -0.15) is 5.10 Å². The molecule has 3 atom stereocenters. The Morgan fingerprint density at radius 3 is 2.66 bits per heavy atom. The number of likely N-dealkylation sites (N-methyl/N-ethyl adjacent to an activating group) is 1. The maximum atomic E-state index is 11.6. The van der Waals surface area contributed by atoms with Crippen LogP contribution in [0.5, 0.6) is 5.75 Å². The normalized spacial score (nSPS) is 17.6. The Balaban J connectivity index is 0.00000259. The molecule has 3 heterocycles. The summed E-state index contributed by atoms with van der Waals surface area (Å²) in [5.41, 5.74) is 6.08. The van der Waals surface area contributed by atoms with E-state index in [0.717, 1.165) is 66.9 Å². The Kier molecular flexibility index (Phi) is 13.6. The smallest absolute Gasteiger partial charge is 0.127 e. The Hall–Kier alpha value is -3.98. The molecular weight excluding hydrogens is 550 g/mol. The highest BCUT2D eigenvalue weighted by molar-refractivity contribution is 6.22. The highest BCUT2D eigenvalue weighted by atomic mass is 16.3. The molecule has 236 valence electrons. The number of carbonyl (C=O) groups excluding carboxylic acids is 1. The van der Waals surface area contributed by atoms with Crippen LogP contribution in [0.3, 0.4) is 0 Å². The second-order valence-corrected chi connectivity index (χ2v) is 11.2. The SMILES string of the molecule is C=N/C=C(\C=NCCC(CCNC)C1Cc2nnc(-c3ccccc3O)cc2N1CC)C1=NCC(C(C=O)C(C)C)=C1.CC. The van der Waals surface area contributed by atoms with Crippen LogP contribution in [0, 0.1) is 17.8 Å². The van der Waals surface area contributed by atoms with Gasteiger partial charge in [0.15, 0.2) is 0 Å². The van der Waals surface area contributed by atoms with Gasteiger partial charge in [0, 0.05) is 55.0 Å². The zero-order valence-corrected chi connectivity index (χ0v) is 27.2. The summed E-state index contributed by atoms with van der Waals surface area (Å²) in [5, 5.41) is 22.7. The van der Waals surface area contributed by atoms with Crippen molar-refractivity contribution in [3.63, 3.8) is 0 Å². The molecule has 0 saturated carbocycles. The number of aromatic nitrogens is 2. The number of allylic oxidation sites excluding steroid dienone is 2. The van der Waals surface area contributed by atoms with Crippen molar-refractivity contribution in [3.05, 3.63) is 59.4 Å². The van der Waals surface area contributed by atoms with Crippen molar-refractivity contribution in [2.24, 2.45) is 32.7 Å². The van der Waals surface area contributed by atoms with E-state index in [4.69, 9.17) is 4.99 Å². The van der Waals surface area contributed by atoms with Crippen LogP contribution >= 0.6 is 0 Å². The third kappa shape index (κ3) is 8.34. The first-order valence-corrected chi connectivity index (χ1v) is 15.8. The van der Waals surface area contributed by atoms with Crippen LogP contribution in [0.2, 0.25) is 0 Å². The van der Waals surface area contributed by atoms with E-state index < -0.39 is 0 Å². The van der Waals surface area contributed by atoms with Crippen LogP contribution in [-0.4, -0.2) is 79.5 Å². The molecule has 0 spiro atoms. The van der Waals surface area contributed by atoms with Crippen molar-refractivity contribution < 1.29 is 9.90 Å². The number of phenolic OH excluding ortho intramolecular Hbond substituents is 1. The van der Waals surface area contributed by atoms with Crippen molar-refractivity contribution in [2.45, 2.75) is 59.9 Å². The molecule has 3 unspecified atom stereocenters. The van der Waals surface area contributed by atoms with Gasteiger partial charge in [-0.05, 0) is 81.8 Å². The van der Waals surface area contributed by atoms with Crippen LogP contribution in [0.1, 0.15) is 53.2 Å². The highest BCUT2D eigenvalue weighted by Crippen LogP contribution is 2.38. The monoisotopic (exact) mass is 599 g/mol. The highest BCUT2D eigenvalue weighted by Gasteiger charge is 2.35. The number of aliphatic imine (C=N–C) groups is 3. The number of nitrogens with one attached hydrogen (secondary N) is 1. The van der Waals surface area contributed by atoms with Crippen LogP contribution in [-0.2, 0) is 11.2 Å². The molecular formula is C35H49N7O2. The minimum Gasteiger partial charge on any atom is -0.507 e. The van der Waals surface area contributed by atoms with E-state index in [1.54, 1.807) is 18.3 Å². The molecule has 9 heteroatoms. The average molecular weight is 600 g/mol. The summed E-state index contributed by atoms with van der Waals surface area (Å²) >= 11 is 0. The van der Waals surface area contributed by atoms with E-state index in [9.17, 15) is 9.90 Å². The topological polar surface area (TPSA) is 115 Å². The number of fused-ring (bicyclic) bond motifs is 1. The third-order valence-corrected chi connectivity index (χ3v) is 8.22. The summed E-state index contributed by atoms with van der Waals surface area (Å²) in [6.45, 7) is 16.8. The van der Waals surface area contributed by atoms with Gasteiger partial charge in [0.05, 0.1) is 29.3 Å². The Morgan fingerprint density at radius 1 is 1.23 bits per heavy atom. The van der Waals surface area contributed by atoms with Crippen LogP contribution in [0.4, 0.5) is 5.69 Å². The molecule has 2 aromatic rings. The maximum absolute atomic E-state index is 11.6. The Morgan fingerprint density at radius 2 is 2.00 bits per heavy atom. The lowest BCUT2D eigenvalue weighted by molar-refractivity contribution is -0.111. The van der Waals surface area contributed by atoms with E-state index in [0.29, 0.717) is 30.3 Å². The number of carbonyl (C=O) groups is 1. The molecule has 4 rings (SSSR count). The number of phenols is 1. The van der Waals surface area contributed by atoms with E-state index in [-0.39, 0.29) is 23.6 Å². The van der Waals surface area contributed by atoms with Crippen LogP contribution < -0.4 is 10.2 Å². The first-order valence-electron chi connectivity index (χ1n) is 15.8. The minimum absolute atomic E-state index is 0.134. The van der Waals surface area contributed by atoms with Gasteiger partial charge in [-0.25, -0.2) is 0 Å². The van der Waals surface area contributed by atoms with Gasteiger partial charge in [-0.3, -0.25) is 15.0 Å². The number of aldehydes is 1. The molecule has 0 bridgehead atoms.